The van der Waals surface area contributed by atoms with E-state index in [1.807, 2.05) is 6.92 Å². The maximum atomic E-state index is 11.0. The van der Waals surface area contributed by atoms with Crippen molar-refractivity contribution in [2.75, 3.05) is 5.75 Å². The Labute approximate surface area is 81.0 Å². The number of nitrogens with two attached hydrogens (primary N) is 1. The van der Waals surface area contributed by atoms with Gasteiger partial charge in [0.25, 0.3) is 5.56 Å². The average Bonchev–Trinajstić information content (AvgIpc) is 1.99. The molecule has 0 fully saturated rings. The minimum absolute atomic E-state index is 0.107. The highest BCUT2D eigenvalue weighted by Gasteiger charge is 2.00. The summed E-state index contributed by atoms with van der Waals surface area (Å²) in [5.41, 5.74) is 6.20. The molecule has 1 rings (SSSR count). The summed E-state index contributed by atoms with van der Waals surface area (Å²) >= 11 is 1.47. The number of hydrogen-bond acceptors (Lipinski definition) is 4. The Balaban J connectivity index is 2.72. The fourth-order valence-electron chi connectivity index (χ4n) is 0.830. The van der Waals surface area contributed by atoms with Crippen LogP contribution in [0.3, 0.4) is 0 Å². The molecule has 0 bridgehead atoms. The van der Waals surface area contributed by atoms with E-state index >= 15 is 0 Å². The Kier molecular flexibility index (Phi) is 3.50. The topological polar surface area (TPSA) is 71.8 Å². The van der Waals surface area contributed by atoms with E-state index in [2.05, 4.69) is 9.97 Å². The van der Waals surface area contributed by atoms with Crippen LogP contribution >= 0.6 is 11.8 Å². The van der Waals surface area contributed by atoms with Gasteiger partial charge in [-0.15, -0.1) is 0 Å². The molecule has 0 aliphatic carbocycles. The molecule has 5 heteroatoms. The molecular formula is C8H13N3OS. The molecule has 72 valence electrons. The number of aromatic nitrogens is 2. The Bertz CT molecular complexity index is 334. The van der Waals surface area contributed by atoms with Crippen LogP contribution in [-0.2, 0) is 0 Å². The third-order valence-electron chi connectivity index (χ3n) is 1.33. The first-order chi connectivity index (χ1) is 6.08. The van der Waals surface area contributed by atoms with Gasteiger partial charge in [-0.05, 0) is 13.8 Å². The van der Waals surface area contributed by atoms with E-state index in [4.69, 9.17) is 5.73 Å². The molecule has 0 spiro atoms. The molecule has 0 aromatic carbocycles. The van der Waals surface area contributed by atoms with Crippen LogP contribution in [0.25, 0.3) is 0 Å². The van der Waals surface area contributed by atoms with Gasteiger partial charge < -0.3 is 10.7 Å². The van der Waals surface area contributed by atoms with Crippen molar-refractivity contribution in [1.82, 2.24) is 9.97 Å². The second-order valence-corrected chi connectivity index (χ2v) is 3.99. The van der Waals surface area contributed by atoms with Crippen LogP contribution < -0.4 is 11.3 Å². The first-order valence-electron chi connectivity index (χ1n) is 4.04. The van der Waals surface area contributed by atoms with Crippen molar-refractivity contribution in [3.8, 4) is 0 Å². The molecule has 1 aromatic rings. The molecule has 4 nitrogen and oxygen atoms in total. The zero-order valence-electron chi connectivity index (χ0n) is 7.70. The fraction of sp³-hybridized carbons (Fsp3) is 0.500. The van der Waals surface area contributed by atoms with Crippen molar-refractivity contribution in [2.24, 2.45) is 5.73 Å². The average molecular weight is 199 g/mol. The van der Waals surface area contributed by atoms with Gasteiger partial charge in [0, 0.05) is 23.6 Å². The number of thioether (sulfide) groups is 1. The van der Waals surface area contributed by atoms with Crippen LogP contribution in [0.2, 0.25) is 0 Å². The van der Waals surface area contributed by atoms with Gasteiger partial charge in [0.15, 0.2) is 5.16 Å². The highest BCUT2D eigenvalue weighted by molar-refractivity contribution is 7.99. The third kappa shape index (κ3) is 3.61. The Hall–Kier alpha value is -0.810. The van der Waals surface area contributed by atoms with Crippen LogP contribution in [0.15, 0.2) is 16.0 Å². The van der Waals surface area contributed by atoms with Crippen LogP contribution in [-0.4, -0.2) is 21.8 Å². The van der Waals surface area contributed by atoms with E-state index in [-0.39, 0.29) is 11.6 Å². The van der Waals surface area contributed by atoms with Crippen molar-refractivity contribution < 1.29 is 0 Å². The molecule has 0 radical (unpaired) electrons. The highest BCUT2D eigenvalue weighted by atomic mass is 32.2. The van der Waals surface area contributed by atoms with Gasteiger partial charge in [0.05, 0.1) is 0 Å². The number of nitrogens with zero attached hydrogens (tertiary/aromatic N) is 1. The molecule has 1 aromatic heterocycles. The van der Waals surface area contributed by atoms with Crippen molar-refractivity contribution in [3.05, 3.63) is 22.1 Å². The number of hydrogen-bond donors (Lipinski definition) is 2. The van der Waals surface area contributed by atoms with E-state index in [9.17, 15) is 4.79 Å². The fourth-order valence-corrected chi connectivity index (χ4v) is 1.63. The van der Waals surface area contributed by atoms with Crippen molar-refractivity contribution in [2.45, 2.75) is 25.0 Å². The van der Waals surface area contributed by atoms with E-state index in [1.54, 1.807) is 6.92 Å². The monoisotopic (exact) mass is 199 g/mol. The molecule has 0 saturated carbocycles. The second-order valence-electron chi connectivity index (χ2n) is 2.98. The third-order valence-corrected chi connectivity index (χ3v) is 2.49. The lowest BCUT2D eigenvalue weighted by Gasteiger charge is -2.03. The van der Waals surface area contributed by atoms with Crippen molar-refractivity contribution in [1.29, 1.82) is 0 Å². The molecule has 0 aliphatic heterocycles. The van der Waals surface area contributed by atoms with E-state index in [0.717, 1.165) is 11.4 Å². The molecule has 1 unspecified atom stereocenters. The molecule has 0 saturated heterocycles. The second kappa shape index (κ2) is 4.43. The van der Waals surface area contributed by atoms with Gasteiger partial charge in [-0.2, -0.15) is 0 Å². The summed E-state index contributed by atoms with van der Waals surface area (Å²) in [6, 6.07) is 1.58. The van der Waals surface area contributed by atoms with Gasteiger partial charge in [0.1, 0.15) is 0 Å². The van der Waals surface area contributed by atoms with Crippen molar-refractivity contribution in [3.63, 3.8) is 0 Å². The lowest BCUT2D eigenvalue weighted by atomic mass is 10.4. The number of aromatic amines is 1. The number of rotatable bonds is 3. The van der Waals surface area contributed by atoms with E-state index < -0.39 is 0 Å². The Morgan fingerprint density at radius 1 is 1.77 bits per heavy atom. The predicted molar refractivity (Wildman–Crippen MR) is 54.0 cm³/mol. The SMILES string of the molecule is Cc1cc(=O)[nH]c(SCC(C)N)n1. The normalized spacial score (nSPS) is 12.8. The zero-order valence-corrected chi connectivity index (χ0v) is 8.52. The lowest BCUT2D eigenvalue weighted by Crippen LogP contribution is -2.18. The first-order valence-corrected chi connectivity index (χ1v) is 5.03. The molecule has 3 N–H and O–H groups in total. The van der Waals surface area contributed by atoms with Gasteiger partial charge in [-0.1, -0.05) is 11.8 Å². The molecule has 0 aliphatic rings. The van der Waals surface area contributed by atoms with Gasteiger partial charge in [-0.3, -0.25) is 4.79 Å². The summed E-state index contributed by atoms with van der Waals surface area (Å²) in [4.78, 5) is 17.8. The first kappa shape index (κ1) is 10.3. The highest BCUT2D eigenvalue weighted by Crippen LogP contribution is 2.11. The zero-order chi connectivity index (χ0) is 9.84. The molecular weight excluding hydrogens is 186 g/mol. The maximum absolute atomic E-state index is 11.0. The van der Waals surface area contributed by atoms with Crippen LogP contribution in [0, 0.1) is 6.92 Å². The molecule has 1 heterocycles. The Morgan fingerprint density at radius 3 is 3.00 bits per heavy atom. The number of H-pyrrole nitrogens is 1. The standard InChI is InChI=1S/C8H13N3OS/c1-5(9)4-13-8-10-6(2)3-7(12)11-8/h3,5H,4,9H2,1-2H3,(H,10,11,12). The smallest absolute Gasteiger partial charge is 0.251 e. The Morgan fingerprint density at radius 2 is 2.46 bits per heavy atom. The largest absolute Gasteiger partial charge is 0.327 e. The minimum atomic E-state index is -0.111. The van der Waals surface area contributed by atoms with Gasteiger partial charge >= 0.3 is 0 Å². The summed E-state index contributed by atoms with van der Waals surface area (Å²) in [6.07, 6.45) is 0. The minimum Gasteiger partial charge on any atom is -0.327 e. The molecule has 13 heavy (non-hydrogen) atoms. The summed E-state index contributed by atoms with van der Waals surface area (Å²) < 4.78 is 0. The quantitative estimate of drug-likeness (QED) is 0.550. The summed E-state index contributed by atoms with van der Waals surface area (Å²) in [7, 11) is 0. The summed E-state index contributed by atoms with van der Waals surface area (Å²) in [5.74, 6) is 0.756. The van der Waals surface area contributed by atoms with Gasteiger partial charge in [-0.25, -0.2) is 4.98 Å². The maximum Gasteiger partial charge on any atom is 0.251 e. The predicted octanol–water partition coefficient (Wildman–Crippen LogP) is 0.518. The number of nitrogens with one attached hydrogen (secondary N) is 1. The van der Waals surface area contributed by atoms with Gasteiger partial charge in [0.2, 0.25) is 0 Å². The van der Waals surface area contributed by atoms with E-state index in [0.29, 0.717) is 5.16 Å². The number of aryl methyl sites for hydroxylation is 1. The van der Waals surface area contributed by atoms with Crippen LogP contribution in [0.1, 0.15) is 12.6 Å². The van der Waals surface area contributed by atoms with Crippen LogP contribution in [0.4, 0.5) is 0 Å². The molecule has 0 amide bonds. The summed E-state index contributed by atoms with van der Waals surface area (Å²) in [5, 5.41) is 0.641. The molecule has 1 atom stereocenters. The summed E-state index contributed by atoms with van der Waals surface area (Å²) in [6.45, 7) is 3.71. The van der Waals surface area contributed by atoms with E-state index in [1.165, 1.54) is 17.8 Å². The van der Waals surface area contributed by atoms with Crippen LogP contribution in [0.5, 0.6) is 0 Å². The van der Waals surface area contributed by atoms with Crippen molar-refractivity contribution >= 4 is 11.8 Å². The lowest BCUT2D eigenvalue weighted by molar-refractivity contribution is 0.837.